The number of carboxylic acid groups (broad SMARTS) is 1. The highest BCUT2D eigenvalue weighted by Crippen LogP contribution is 2.38. The Balaban J connectivity index is 1.74. The summed E-state index contributed by atoms with van der Waals surface area (Å²) in [7, 11) is 0.336. The van der Waals surface area contributed by atoms with E-state index >= 15 is 0 Å². The van der Waals surface area contributed by atoms with Crippen molar-refractivity contribution < 1.29 is 27.5 Å². The number of sulfonamides is 1. The molecule has 0 spiro atoms. The highest BCUT2D eigenvalue weighted by molar-refractivity contribution is 7.92. The van der Waals surface area contributed by atoms with Gasteiger partial charge in [0.25, 0.3) is 5.91 Å². The molecule has 0 radical (unpaired) electrons. The Bertz CT molecular complexity index is 1570. The molecule has 40 heavy (non-hydrogen) atoms. The summed E-state index contributed by atoms with van der Waals surface area (Å²) in [6.07, 6.45) is 1.62. The molecule has 1 aliphatic heterocycles. The van der Waals surface area contributed by atoms with Crippen LogP contribution in [0.15, 0.2) is 66.7 Å². The molecule has 0 saturated carbocycles. The maximum atomic E-state index is 13.9. The second-order valence-corrected chi connectivity index (χ2v) is 11.7. The van der Waals surface area contributed by atoms with Crippen molar-refractivity contribution in [2.24, 2.45) is 0 Å². The van der Waals surface area contributed by atoms with E-state index < -0.39 is 27.7 Å². The molecule has 1 heterocycles. The Labute approximate surface area is 233 Å². The van der Waals surface area contributed by atoms with Crippen LogP contribution in [-0.2, 0) is 26.0 Å². The summed E-state index contributed by atoms with van der Waals surface area (Å²) in [5.74, 6) is -1.92. The number of hydrogen-bond acceptors (Lipinski definition) is 6. The van der Waals surface area contributed by atoms with Crippen LogP contribution < -0.4 is 14.9 Å². The molecule has 3 aromatic rings. The van der Waals surface area contributed by atoms with Gasteiger partial charge in [0.1, 0.15) is 5.82 Å². The standard InChI is InChI=1S/C29H31FN4O5S/c1-33(2)14-5-15-34(40(3,38)39)23-11-9-22(10-12-23)31-28(20-7-4-6-19(16-20)17-26(35)36)27-24-13-8-21(30)18-25(24)32-29(27)37/h4,6-13,16,18,31H,5,14-15,17H2,1-3H3,(H,32,37)(H,35,36)/b28-27-. The number of anilines is 3. The van der Waals surface area contributed by atoms with Crippen molar-refractivity contribution in [1.29, 1.82) is 0 Å². The van der Waals surface area contributed by atoms with Gasteiger partial charge in [-0.05, 0) is 86.7 Å². The Morgan fingerprint density at radius 1 is 1.02 bits per heavy atom. The third kappa shape index (κ3) is 6.85. The van der Waals surface area contributed by atoms with Gasteiger partial charge < -0.3 is 20.6 Å². The van der Waals surface area contributed by atoms with Crippen molar-refractivity contribution in [3.63, 3.8) is 0 Å². The molecule has 0 unspecified atom stereocenters. The van der Waals surface area contributed by atoms with Crippen LogP contribution in [-0.4, -0.2) is 63.7 Å². The van der Waals surface area contributed by atoms with Crippen LogP contribution in [0.2, 0.25) is 0 Å². The predicted molar refractivity (Wildman–Crippen MR) is 155 cm³/mol. The van der Waals surface area contributed by atoms with Crippen LogP contribution >= 0.6 is 0 Å². The summed E-state index contributed by atoms with van der Waals surface area (Å²) in [5, 5.41) is 15.2. The van der Waals surface area contributed by atoms with Gasteiger partial charge in [-0.1, -0.05) is 18.2 Å². The number of carbonyl (C=O) groups excluding carboxylic acids is 1. The minimum atomic E-state index is -3.51. The van der Waals surface area contributed by atoms with Gasteiger partial charge in [0.2, 0.25) is 10.0 Å². The molecule has 0 bridgehead atoms. The summed E-state index contributed by atoms with van der Waals surface area (Å²) in [6.45, 7) is 1.06. The third-order valence-corrected chi connectivity index (χ3v) is 7.53. The quantitative estimate of drug-likeness (QED) is 0.299. The Morgan fingerprint density at radius 3 is 2.40 bits per heavy atom. The van der Waals surface area contributed by atoms with Gasteiger partial charge in [0.05, 0.1) is 35.3 Å². The summed E-state index contributed by atoms with van der Waals surface area (Å²) < 4.78 is 40.2. The van der Waals surface area contributed by atoms with Crippen molar-refractivity contribution in [3.8, 4) is 0 Å². The van der Waals surface area contributed by atoms with Gasteiger partial charge in [-0.3, -0.25) is 13.9 Å². The lowest BCUT2D eigenvalue weighted by Gasteiger charge is -2.24. The summed E-state index contributed by atoms with van der Waals surface area (Å²) in [4.78, 5) is 26.4. The van der Waals surface area contributed by atoms with Crippen LogP contribution in [0.25, 0.3) is 11.3 Å². The van der Waals surface area contributed by atoms with Crippen LogP contribution in [0.3, 0.4) is 0 Å². The molecule has 11 heteroatoms. The van der Waals surface area contributed by atoms with Crippen LogP contribution in [0.1, 0.15) is 23.1 Å². The van der Waals surface area contributed by atoms with Crippen molar-refractivity contribution in [3.05, 3.63) is 89.2 Å². The maximum absolute atomic E-state index is 13.9. The number of nitrogens with one attached hydrogen (secondary N) is 2. The van der Waals surface area contributed by atoms with Gasteiger partial charge in [0.15, 0.2) is 0 Å². The number of nitrogens with zero attached hydrogens (tertiary/aromatic N) is 2. The number of halogens is 1. The zero-order valence-electron chi connectivity index (χ0n) is 22.4. The number of benzene rings is 3. The van der Waals surface area contributed by atoms with E-state index in [1.54, 1.807) is 48.5 Å². The fourth-order valence-electron chi connectivity index (χ4n) is 4.56. The lowest BCUT2D eigenvalue weighted by Crippen LogP contribution is -2.32. The Morgan fingerprint density at radius 2 is 1.75 bits per heavy atom. The average molecular weight is 567 g/mol. The minimum absolute atomic E-state index is 0.200. The van der Waals surface area contributed by atoms with E-state index in [2.05, 4.69) is 10.6 Å². The second kappa shape index (κ2) is 11.9. The number of carboxylic acids is 1. The first-order valence-corrected chi connectivity index (χ1v) is 14.4. The molecule has 0 saturated heterocycles. The smallest absolute Gasteiger partial charge is 0.307 e. The van der Waals surface area contributed by atoms with E-state index in [9.17, 15) is 27.5 Å². The molecule has 210 valence electrons. The topological polar surface area (TPSA) is 119 Å². The van der Waals surface area contributed by atoms with E-state index in [1.165, 1.54) is 28.8 Å². The Kier molecular flexibility index (Phi) is 8.55. The highest BCUT2D eigenvalue weighted by atomic mass is 32.2. The molecule has 0 atom stereocenters. The zero-order chi connectivity index (χ0) is 29.0. The number of aliphatic carboxylic acids is 1. The first-order chi connectivity index (χ1) is 18.9. The van der Waals surface area contributed by atoms with Crippen LogP contribution in [0.4, 0.5) is 21.5 Å². The normalized spacial score (nSPS) is 14.1. The van der Waals surface area contributed by atoms with Crippen molar-refractivity contribution in [1.82, 2.24) is 4.90 Å². The molecule has 1 aliphatic rings. The largest absolute Gasteiger partial charge is 0.481 e. The molecule has 4 rings (SSSR count). The van der Waals surface area contributed by atoms with E-state index in [0.717, 1.165) is 6.54 Å². The predicted octanol–water partition coefficient (Wildman–Crippen LogP) is 4.10. The minimum Gasteiger partial charge on any atom is -0.481 e. The van der Waals surface area contributed by atoms with Crippen molar-refractivity contribution in [2.75, 3.05) is 48.4 Å². The molecule has 0 fully saturated rings. The summed E-state index contributed by atoms with van der Waals surface area (Å²) >= 11 is 0. The summed E-state index contributed by atoms with van der Waals surface area (Å²) in [6, 6.07) is 17.6. The molecule has 9 nitrogen and oxygen atoms in total. The average Bonchev–Trinajstić information content (AvgIpc) is 3.19. The number of carbonyl (C=O) groups is 2. The third-order valence-electron chi connectivity index (χ3n) is 6.34. The molecular formula is C29H31FN4O5S. The molecule has 1 amide bonds. The van der Waals surface area contributed by atoms with Crippen LogP contribution in [0, 0.1) is 5.82 Å². The van der Waals surface area contributed by atoms with Gasteiger partial charge in [-0.2, -0.15) is 0 Å². The van der Waals surface area contributed by atoms with Gasteiger partial charge >= 0.3 is 5.97 Å². The highest BCUT2D eigenvalue weighted by Gasteiger charge is 2.29. The molecule has 3 N–H and O–H groups in total. The van der Waals surface area contributed by atoms with Gasteiger partial charge in [-0.15, -0.1) is 0 Å². The number of amides is 1. The number of hydrogen-bond donors (Lipinski definition) is 3. The van der Waals surface area contributed by atoms with E-state index in [1.807, 2.05) is 19.0 Å². The molecular weight excluding hydrogens is 535 g/mol. The molecule has 0 aliphatic carbocycles. The SMILES string of the molecule is CN(C)CCCN(c1ccc(N/C(=C2\C(=O)Nc3cc(F)ccc32)c2cccc(CC(=O)O)c2)cc1)S(C)(=O)=O. The van der Waals surface area contributed by atoms with Crippen LogP contribution in [0.5, 0.6) is 0 Å². The number of fused-ring (bicyclic) bond motifs is 1. The maximum Gasteiger partial charge on any atom is 0.307 e. The van der Waals surface area contributed by atoms with Gasteiger partial charge in [0, 0.05) is 17.8 Å². The first-order valence-electron chi connectivity index (χ1n) is 12.6. The van der Waals surface area contributed by atoms with E-state index in [4.69, 9.17) is 0 Å². The van der Waals surface area contributed by atoms with Crippen molar-refractivity contribution in [2.45, 2.75) is 12.8 Å². The second-order valence-electron chi connectivity index (χ2n) is 9.83. The van der Waals surface area contributed by atoms with Gasteiger partial charge in [-0.25, -0.2) is 12.8 Å². The lowest BCUT2D eigenvalue weighted by molar-refractivity contribution is -0.136. The van der Waals surface area contributed by atoms with E-state index in [-0.39, 0.29) is 12.0 Å². The lowest BCUT2D eigenvalue weighted by atomic mass is 9.98. The fraction of sp³-hybridized carbons (Fsp3) is 0.241. The molecule has 3 aromatic carbocycles. The Hall–Kier alpha value is -4.22. The zero-order valence-corrected chi connectivity index (χ0v) is 23.3. The van der Waals surface area contributed by atoms with Crippen molar-refractivity contribution >= 4 is 50.2 Å². The number of rotatable bonds is 11. The fourth-order valence-corrected chi connectivity index (χ4v) is 5.52. The summed E-state index contributed by atoms with van der Waals surface area (Å²) in [5.41, 5.74) is 3.67. The van der Waals surface area contributed by atoms with E-state index in [0.29, 0.717) is 52.4 Å². The first kappa shape index (κ1) is 28.8. The molecule has 0 aromatic heterocycles. The monoisotopic (exact) mass is 566 g/mol.